The second-order valence-corrected chi connectivity index (χ2v) is 5.51. The van der Waals surface area contributed by atoms with Gasteiger partial charge in [-0.15, -0.1) is 0 Å². The van der Waals surface area contributed by atoms with Gasteiger partial charge in [0.15, 0.2) is 5.78 Å². The van der Waals surface area contributed by atoms with Crippen molar-refractivity contribution in [3.63, 3.8) is 0 Å². The van der Waals surface area contributed by atoms with E-state index in [1.54, 1.807) is 31.4 Å². The normalized spacial score (nSPS) is 11.1. The van der Waals surface area contributed by atoms with Crippen LogP contribution in [0.2, 0.25) is 0 Å². The molecular formula is C11H13BrO2. The van der Waals surface area contributed by atoms with E-state index in [2.05, 4.69) is 15.9 Å². The highest BCUT2D eigenvalue weighted by Gasteiger charge is 2.24. The fourth-order valence-corrected chi connectivity index (χ4v) is 1.31. The number of ether oxygens (including phenoxy) is 1. The van der Waals surface area contributed by atoms with Crippen molar-refractivity contribution in [2.24, 2.45) is 0 Å². The van der Waals surface area contributed by atoms with Crippen LogP contribution in [0.15, 0.2) is 24.3 Å². The molecule has 76 valence electrons. The summed E-state index contributed by atoms with van der Waals surface area (Å²) in [6.07, 6.45) is 0. The lowest BCUT2D eigenvalue weighted by Gasteiger charge is -2.14. The Hall–Kier alpha value is -0.830. The van der Waals surface area contributed by atoms with Gasteiger partial charge in [0.25, 0.3) is 0 Å². The molecule has 0 fully saturated rings. The summed E-state index contributed by atoms with van der Waals surface area (Å²) in [6, 6.07) is 7.10. The highest BCUT2D eigenvalue weighted by molar-refractivity contribution is 9.10. The molecule has 0 spiro atoms. The van der Waals surface area contributed by atoms with Crippen molar-refractivity contribution < 1.29 is 9.53 Å². The second kappa shape index (κ2) is 4.13. The first-order valence-electron chi connectivity index (χ1n) is 4.33. The molecule has 0 saturated carbocycles. The van der Waals surface area contributed by atoms with Crippen LogP contribution in [-0.4, -0.2) is 17.2 Å². The molecule has 0 aliphatic heterocycles. The number of carbonyl (C=O) groups excluding carboxylic acids is 1. The van der Waals surface area contributed by atoms with Gasteiger partial charge in [0.2, 0.25) is 0 Å². The number of Topliss-reactive ketones (excluding diaryl/α,β-unsaturated/α-hetero) is 1. The van der Waals surface area contributed by atoms with Gasteiger partial charge in [-0.05, 0) is 38.1 Å². The van der Waals surface area contributed by atoms with Gasteiger partial charge in [-0.2, -0.15) is 0 Å². The topological polar surface area (TPSA) is 26.3 Å². The average Bonchev–Trinajstić information content (AvgIpc) is 2.15. The predicted molar refractivity (Wildman–Crippen MR) is 60.3 cm³/mol. The summed E-state index contributed by atoms with van der Waals surface area (Å²) in [5.74, 6) is 0.828. The van der Waals surface area contributed by atoms with Gasteiger partial charge in [-0.1, -0.05) is 15.9 Å². The van der Waals surface area contributed by atoms with Crippen molar-refractivity contribution in [1.82, 2.24) is 0 Å². The van der Waals surface area contributed by atoms with Crippen molar-refractivity contribution in [1.29, 1.82) is 0 Å². The molecule has 0 amide bonds. The van der Waals surface area contributed by atoms with Crippen LogP contribution in [0.25, 0.3) is 0 Å². The Morgan fingerprint density at radius 2 is 1.79 bits per heavy atom. The molecule has 2 nitrogen and oxygen atoms in total. The Kier molecular flexibility index (Phi) is 3.32. The van der Waals surface area contributed by atoms with Crippen LogP contribution in [0.5, 0.6) is 5.75 Å². The molecule has 0 atom stereocenters. The SMILES string of the molecule is COc1ccc(C(=O)C(C)(C)Br)cc1. The van der Waals surface area contributed by atoms with Crippen molar-refractivity contribution in [3.05, 3.63) is 29.8 Å². The highest BCUT2D eigenvalue weighted by atomic mass is 79.9. The van der Waals surface area contributed by atoms with Gasteiger partial charge in [0.05, 0.1) is 11.4 Å². The van der Waals surface area contributed by atoms with Gasteiger partial charge in [0.1, 0.15) is 5.75 Å². The van der Waals surface area contributed by atoms with Gasteiger partial charge >= 0.3 is 0 Å². The summed E-state index contributed by atoms with van der Waals surface area (Å²) in [4.78, 5) is 11.8. The van der Waals surface area contributed by atoms with E-state index in [-0.39, 0.29) is 5.78 Å². The Morgan fingerprint density at radius 3 is 2.14 bits per heavy atom. The third kappa shape index (κ3) is 2.58. The number of methoxy groups -OCH3 is 1. The van der Waals surface area contributed by atoms with Crippen molar-refractivity contribution >= 4 is 21.7 Å². The van der Waals surface area contributed by atoms with E-state index in [4.69, 9.17) is 4.74 Å². The van der Waals surface area contributed by atoms with Crippen LogP contribution in [0.4, 0.5) is 0 Å². The van der Waals surface area contributed by atoms with Crippen LogP contribution in [0, 0.1) is 0 Å². The fraction of sp³-hybridized carbons (Fsp3) is 0.364. The molecule has 1 aromatic carbocycles. The minimum Gasteiger partial charge on any atom is -0.497 e. The Labute approximate surface area is 92.4 Å². The van der Waals surface area contributed by atoms with Gasteiger partial charge in [0, 0.05) is 5.56 Å². The van der Waals surface area contributed by atoms with Crippen LogP contribution in [0.3, 0.4) is 0 Å². The Bertz CT molecular complexity index is 322. The lowest BCUT2D eigenvalue weighted by molar-refractivity contribution is 0.0961. The number of carbonyl (C=O) groups is 1. The maximum absolute atomic E-state index is 11.8. The molecular weight excluding hydrogens is 244 g/mol. The summed E-state index contributed by atoms with van der Waals surface area (Å²) >= 11 is 3.34. The minimum atomic E-state index is -0.512. The third-order valence-corrected chi connectivity index (χ3v) is 2.25. The summed E-state index contributed by atoms with van der Waals surface area (Å²) < 4.78 is 4.50. The molecule has 3 heteroatoms. The summed E-state index contributed by atoms with van der Waals surface area (Å²) in [5.41, 5.74) is 0.688. The molecule has 0 radical (unpaired) electrons. The van der Waals surface area contributed by atoms with Gasteiger partial charge in [-0.3, -0.25) is 4.79 Å². The van der Waals surface area contributed by atoms with Crippen molar-refractivity contribution in [2.75, 3.05) is 7.11 Å². The summed E-state index contributed by atoms with van der Waals surface area (Å²) in [7, 11) is 1.60. The maximum Gasteiger partial charge on any atom is 0.178 e. The van der Waals surface area contributed by atoms with E-state index in [1.807, 2.05) is 13.8 Å². The molecule has 0 N–H and O–H groups in total. The van der Waals surface area contributed by atoms with E-state index in [1.165, 1.54) is 0 Å². The van der Waals surface area contributed by atoms with Crippen LogP contribution < -0.4 is 4.74 Å². The summed E-state index contributed by atoms with van der Waals surface area (Å²) in [5, 5.41) is 0. The van der Waals surface area contributed by atoms with Crippen LogP contribution in [-0.2, 0) is 0 Å². The molecule has 0 aromatic heterocycles. The van der Waals surface area contributed by atoms with Crippen LogP contribution >= 0.6 is 15.9 Å². The zero-order valence-corrected chi connectivity index (χ0v) is 10.1. The largest absolute Gasteiger partial charge is 0.497 e. The third-order valence-electron chi connectivity index (χ3n) is 1.89. The first-order chi connectivity index (χ1) is 6.45. The highest BCUT2D eigenvalue weighted by Crippen LogP contribution is 2.23. The molecule has 0 heterocycles. The first kappa shape index (κ1) is 11.2. The molecule has 14 heavy (non-hydrogen) atoms. The number of hydrogen-bond acceptors (Lipinski definition) is 2. The Balaban J connectivity index is 2.93. The summed E-state index contributed by atoms with van der Waals surface area (Å²) in [6.45, 7) is 3.67. The monoisotopic (exact) mass is 256 g/mol. The Morgan fingerprint density at radius 1 is 1.29 bits per heavy atom. The van der Waals surface area contributed by atoms with Crippen LogP contribution in [0.1, 0.15) is 24.2 Å². The molecule has 1 rings (SSSR count). The molecule has 0 bridgehead atoms. The van der Waals surface area contributed by atoms with E-state index in [0.717, 1.165) is 5.75 Å². The second-order valence-electron chi connectivity index (χ2n) is 3.53. The zero-order valence-electron chi connectivity index (χ0n) is 8.50. The molecule has 0 saturated heterocycles. The first-order valence-corrected chi connectivity index (χ1v) is 5.12. The number of halogens is 1. The molecule has 0 aliphatic rings. The van der Waals surface area contributed by atoms with E-state index >= 15 is 0 Å². The van der Waals surface area contributed by atoms with Gasteiger partial charge in [-0.25, -0.2) is 0 Å². The number of ketones is 1. The van der Waals surface area contributed by atoms with Crippen molar-refractivity contribution in [2.45, 2.75) is 18.2 Å². The zero-order chi connectivity index (χ0) is 10.8. The number of alkyl halides is 1. The van der Waals surface area contributed by atoms with Gasteiger partial charge < -0.3 is 4.74 Å². The quantitative estimate of drug-likeness (QED) is 0.614. The smallest absolute Gasteiger partial charge is 0.178 e. The molecule has 1 aromatic rings. The minimum absolute atomic E-state index is 0.0696. The number of rotatable bonds is 3. The lowest BCUT2D eigenvalue weighted by Crippen LogP contribution is -2.23. The molecule has 0 aliphatic carbocycles. The average molecular weight is 257 g/mol. The maximum atomic E-state index is 11.8. The van der Waals surface area contributed by atoms with E-state index in [9.17, 15) is 4.79 Å². The van der Waals surface area contributed by atoms with Crippen molar-refractivity contribution in [3.8, 4) is 5.75 Å². The fourth-order valence-electron chi connectivity index (χ4n) is 1.09. The standard InChI is InChI=1S/C11H13BrO2/c1-11(2,12)10(13)8-4-6-9(14-3)7-5-8/h4-7H,1-3H3. The van der Waals surface area contributed by atoms with E-state index < -0.39 is 4.32 Å². The molecule has 0 unspecified atom stereocenters. The van der Waals surface area contributed by atoms with E-state index in [0.29, 0.717) is 5.56 Å². The predicted octanol–water partition coefficient (Wildman–Crippen LogP) is 3.05. The lowest BCUT2D eigenvalue weighted by atomic mass is 10.0. The number of benzene rings is 1. The number of hydrogen-bond donors (Lipinski definition) is 0.